The van der Waals surface area contributed by atoms with Gasteiger partial charge in [-0.25, -0.2) is 13.1 Å². The summed E-state index contributed by atoms with van der Waals surface area (Å²) in [7, 11) is -3.60. The van der Waals surface area contributed by atoms with Crippen molar-refractivity contribution in [3.63, 3.8) is 0 Å². The predicted molar refractivity (Wildman–Crippen MR) is 79.9 cm³/mol. The van der Waals surface area contributed by atoms with Gasteiger partial charge in [0.05, 0.1) is 15.9 Å². The van der Waals surface area contributed by atoms with Gasteiger partial charge < -0.3 is 5.73 Å². The molecular weight excluding hydrogens is 336 g/mol. The zero-order valence-corrected chi connectivity index (χ0v) is 13.3. The van der Waals surface area contributed by atoms with E-state index in [4.69, 9.17) is 18.0 Å². The van der Waals surface area contributed by atoms with Crippen LogP contribution in [0.15, 0.2) is 33.6 Å². The predicted octanol–water partition coefficient (Wildman–Crippen LogP) is 2.04. The van der Waals surface area contributed by atoms with Crippen molar-refractivity contribution in [1.29, 1.82) is 0 Å². The normalized spacial score (nSPS) is 13.6. The van der Waals surface area contributed by atoms with Gasteiger partial charge in [-0.1, -0.05) is 42.0 Å². The smallest absolute Gasteiger partial charge is 0.241 e. The maximum Gasteiger partial charge on any atom is 0.241 e. The summed E-state index contributed by atoms with van der Waals surface area (Å²) in [5.74, 6) is -0.00674. The number of halogens is 1. The summed E-state index contributed by atoms with van der Waals surface area (Å²) in [6, 6.07) is 5.82. The number of sulfonamides is 1. The molecule has 1 unspecified atom stereocenters. The van der Waals surface area contributed by atoms with E-state index in [1.54, 1.807) is 12.1 Å². The minimum atomic E-state index is -3.60. The summed E-state index contributed by atoms with van der Waals surface area (Å²) < 4.78 is 27.6. The summed E-state index contributed by atoms with van der Waals surface area (Å²) in [4.78, 5) is 0.332. The van der Waals surface area contributed by atoms with Gasteiger partial charge in [-0.2, -0.15) is 0 Å². The van der Waals surface area contributed by atoms with Gasteiger partial charge in [0.15, 0.2) is 0 Å². The molecule has 1 atom stereocenters. The van der Waals surface area contributed by atoms with Crippen molar-refractivity contribution < 1.29 is 8.42 Å². The van der Waals surface area contributed by atoms with Crippen LogP contribution in [0.5, 0.6) is 0 Å². The van der Waals surface area contributed by atoms with E-state index in [0.29, 0.717) is 0 Å². The second-order valence-electron chi connectivity index (χ2n) is 4.20. The lowest BCUT2D eigenvalue weighted by Gasteiger charge is -2.20. The van der Waals surface area contributed by atoms with Crippen molar-refractivity contribution in [2.45, 2.75) is 24.8 Å². The zero-order chi connectivity index (χ0) is 13.9. The maximum absolute atomic E-state index is 12.1. The van der Waals surface area contributed by atoms with E-state index in [1.807, 2.05) is 13.8 Å². The Morgan fingerprint density at radius 3 is 2.22 bits per heavy atom. The topological polar surface area (TPSA) is 72.2 Å². The number of hydrogen-bond donors (Lipinski definition) is 2. The lowest BCUT2D eigenvalue weighted by atomic mass is 10.1. The van der Waals surface area contributed by atoms with Crippen LogP contribution < -0.4 is 10.5 Å². The molecule has 0 aliphatic heterocycles. The minimum absolute atomic E-state index is 0.00674. The Morgan fingerprint density at radius 2 is 1.83 bits per heavy atom. The molecule has 0 spiro atoms. The molecule has 0 radical (unpaired) electrons. The molecule has 4 nitrogen and oxygen atoms in total. The Balaban J connectivity index is 3.01. The number of thiocarbonyl (C=S) groups is 1. The molecule has 0 aliphatic carbocycles. The molecule has 0 aromatic heterocycles. The number of nitrogens with one attached hydrogen (secondary N) is 1. The fraction of sp³-hybridized carbons (Fsp3) is 0.364. The summed E-state index contributed by atoms with van der Waals surface area (Å²) in [6.07, 6.45) is 0. The fourth-order valence-corrected chi connectivity index (χ4v) is 3.41. The maximum atomic E-state index is 12.1. The van der Waals surface area contributed by atoms with E-state index in [1.165, 1.54) is 12.1 Å². The molecule has 0 fully saturated rings. The molecule has 0 saturated heterocycles. The first-order chi connectivity index (χ1) is 8.24. The first-order valence-electron chi connectivity index (χ1n) is 5.31. The highest BCUT2D eigenvalue weighted by Crippen LogP contribution is 2.16. The van der Waals surface area contributed by atoms with E-state index in [2.05, 4.69) is 20.7 Å². The standard InChI is InChI=1S/C11H15BrN2O2S2/c1-7(2)10(11(13)17)14-18(15,16)9-5-3-8(12)4-6-9/h3-7,10,14H,1-2H3,(H2,13,17). The van der Waals surface area contributed by atoms with Crippen LogP contribution in [-0.4, -0.2) is 19.4 Å². The van der Waals surface area contributed by atoms with Crippen LogP contribution in [0.25, 0.3) is 0 Å². The second kappa shape index (κ2) is 6.10. The monoisotopic (exact) mass is 350 g/mol. The number of rotatable bonds is 5. The van der Waals surface area contributed by atoms with Crippen LogP contribution >= 0.6 is 28.1 Å². The fourth-order valence-electron chi connectivity index (χ4n) is 1.37. The van der Waals surface area contributed by atoms with Gasteiger partial charge in [-0.3, -0.25) is 0 Å². The number of nitrogens with two attached hydrogens (primary N) is 1. The van der Waals surface area contributed by atoms with E-state index in [-0.39, 0.29) is 15.8 Å². The third kappa shape index (κ3) is 4.01. The zero-order valence-electron chi connectivity index (χ0n) is 10.1. The Morgan fingerprint density at radius 1 is 1.33 bits per heavy atom. The van der Waals surface area contributed by atoms with Crippen molar-refractivity contribution >= 4 is 43.2 Å². The van der Waals surface area contributed by atoms with Crippen molar-refractivity contribution in [2.24, 2.45) is 11.7 Å². The highest BCUT2D eigenvalue weighted by molar-refractivity contribution is 9.10. The average Bonchev–Trinajstić information content (AvgIpc) is 2.26. The Labute approximate surface area is 121 Å². The van der Waals surface area contributed by atoms with Crippen molar-refractivity contribution in [1.82, 2.24) is 4.72 Å². The van der Waals surface area contributed by atoms with Gasteiger partial charge in [0.25, 0.3) is 0 Å². The molecular formula is C11H15BrN2O2S2. The highest BCUT2D eigenvalue weighted by atomic mass is 79.9. The molecule has 0 heterocycles. The molecule has 0 amide bonds. The molecule has 1 aromatic rings. The van der Waals surface area contributed by atoms with Gasteiger partial charge in [-0.05, 0) is 30.2 Å². The van der Waals surface area contributed by atoms with E-state index < -0.39 is 16.1 Å². The molecule has 100 valence electrons. The van der Waals surface area contributed by atoms with Gasteiger partial charge in [0, 0.05) is 4.47 Å². The summed E-state index contributed by atoms with van der Waals surface area (Å²) in [6.45, 7) is 3.71. The third-order valence-corrected chi connectivity index (χ3v) is 4.62. The van der Waals surface area contributed by atoms with E-state index in [9.17, 15) is 8.42 Å². The van der Waals surface area contributed by atoms with Crippen LogP contribution in [0.2, 0.25) is 0 Å². The SMILES string of the molecule is CC(C)C(NS(=O)(=O)c1ccc(Br)cc1)C(N)=S. The molecule has 7 heteroatoms. The lowest BCUT2D eigenvalue weighted by molar-refractivity contribution is 0.526. The molecule has 0 bridgehead atoms. The minimum Gasteiger partial charge on any atom is -0.392 e. The van der Waals surface area contributed by atoms with Crippen molar-refractivity contribution in [3.8, 4) is 0 Å². The number of hydrogen-bond acceptors (Lipinski definition) is 3. The van der Waals surface area contributed by atoms with Crippen LogP contribution in [0.1, 0.15) is 13.8 Å². The molecule has 3 N–H and O–H groups in total. The van der Waals surface area contributed by atoms with Crippen LogP contribution in [0, 0.1) is 5.92 Å². The second-order valence-corrected chi connectivity index (χ2v) is 7.30. The Kier molecular flexibility index (Phi) is 5.27. The third-order valence-electron chi connectivity index (χ3n) is 2.38. The Bertz CT molecular complexity index is 526. The van der Waals surface area contributed by atoms with Gasteiger partial charge in [0.1, 0.15) is 0 Å². The molecule has 0 saturated carbocycles. The van der Waals surface area contributed by atoms with Gasteiger partial charge in [-0.15, -0.1) is 0 Å². The first kappa shape index (κ1) is 15.6. The van der Waals surface area contributed by atoms with Crippen molar-refractivity contribution in [2.75, 3.05) is 0 Å². The lowest BCUT2D eigenvalue weighted by Crippen LogP contribution is -2.46. The molecule has 1 aromatic carbocycles. The Hall–Kier alpha value is -0.500. The van der Waals surface area contributed by atoms with Crippen LogP contribution in [-0.2, 0) is 10.0 Å². The molecule has 0 aliphatic rings. The summed E-state index contributed by atoms with van der Waals surface area (Å²) in [5.41, 5.74) is 5.54. The van der Waals surface area contributed by atoms with Crippen LogP contribution in [0.4, 0.5) is 0 Å². The quantitative estimate of drug-likeness (QED) is 0.797. The number of benzene rings is 1. The highest BCUT2D eigenvalue weighted by Gasteiger charge is 2.24. The van der Waals surface area contributed by atoms with Gasteiger partial charge in [0.2, 0.25) is 10.0 Å². The summed E-state index contributed by atoms with van der Waals surface area (Å²) >= 11 is 8.13. The summed E-state index contributed by atoms with van der Waals surface area (Å²) in [5, 5.41) is 0. The first-order valence-corrected chi connectivity index (χ1v) is 7.99. The average molecular weight is 351 g/mol. The van der Waals surface area contributed by atoms with Crippen LogP contribution in [0.3, 0.4) is 0 Å². The van der Waals surface area contributed by atoms with Gasteiger partial charge >= 0.3 is 0 Å². The largest absolute Gasteiger partial charge is 0.392 e. The van der Waals surface area contributed by atoms with E-state index >= 15 is 0 Å². The van der Waals surface area contributed by atoms with E-state index in [0.717, 1.165) is 4.47 Å². The molecule has 18 heavy (non-hydrogen) atoms. The molecule has 1 rings (SSSR count). The van der Waals surface area contributed by atoms with Crippen molar-refractivity contribution in [3.05, 3.63) is 28.7 Å².